The Morgan fingerprint density at radius 2 is 1.80 bits per heavy atom. The zero-order valence-corrected chi connectivity index (χ0v) is 8.45. The number of rotatable bonds is 2. The van der Waals surface area contributed by atoms with Crippen LogP contribution < -0.4 is 5.73 Å². The fourth-order valence-corrected chi connectivity index (χ4v) is 1.36. The molecule has 0 fully saturated rings. The minimum atomic E-state index is -0.0478. The SMILES string of the molecule is Cc1ccc(-c2ccc(C(=N)N)o2)cc1. The Morgan fingerprint density at radius 1 is 1.13 bits per heavy atom. The van der Waals surface area contributed by atoms with E-state index in [1.165, 1.54) is 5.56 Å². The molecular formula is C12H12N2O. The fourth-order valence-electron chi connectivity index (χ4n) is 1.36. The number of nitrogen functional groups attached to an aromatic ring is 1. The average Bonchev–Trinajstić information content (AvgIpc) is 2.68. The summed E-state index contributed by atoms with van der Waals surface area (Å²) >= 11 is 0. The van der Waals surface area contributed by atoms with E-state index in [0.717, 1.165) is 11.3 Å². The van der Waals surface area contributed by atoms with E-state index in [9.17, 15) is 0 Å². The van der Waals surface area contributed by atoms with Crippen molar-refractivity contribution in [2.24, 2.45) is 5.73 Å². The number of nitrogens with one attached hydrogen (secondary N) is 1. The molecule has 2 rings (SSSR count). The molecule has 0 unspecified atom stereocenters. The summed E-state index contributed by atoms with van der Waals surface area (Å²) in [5.41, 5.74) is 7.52. The summed E-state index contributed by atoms with van der Waals surface area (Å²) < 4.78 is 5.42. The van der Waals surface area contributed by atoms with Crippen molar-refractivity contribution in [3.05, 3.63) is 47.7 Å². The third-order valence-corrected chi connectivity index (χ3v) is 2.21. The van der Waals surface area contributed by atoms with E-state index >= 15 is 0 Å². The molecule has 0 bridgehead atoms. The molecule has 3 nitrogen and oxygen atoms in total. The maximum absolute atomic E-state index is 7.23. The highest BCUT2D eigenvalue weighted by molar-refractivity contribution is 5.92. The fraction of sp³-hybridized carbons (Fsp3) is 0.0833. The molecule has 2 aromatic rings. The predicted octanol–water partition coefficient (Wildman–Crippen LogP) is 2.54. The minimum absolute atomic E-state index is 0.0478. The van der Waals surface area contributed by atoms with Crippen molar-refractivity contribution in [3.63, 3.8) is 0 Å². The molecule has 3 heteroatoms. The summed E-state index contributed by atoms with van der Waals surface area (Å²) in [5, 5.41) is 7.23. The van der Waals surface area contributed by atoms with Crippen LogP contribution in [0.2, 0.25) is 0 Å². The molecule has 0 amide bonds. The monoisotopic (exact) mass is 200 g/mol. The number of hydrogen-bond donors (Lipinski definition) is 2. The molecule has 0 radical (unpaired) electrons. The van der Waals surface area contributed by atoms with Crippen molar-refractivity contribution in [3.8, 4) is 11.3 Å². The number of furan rings is 1. The molecule has 15 heavy (non-hydrogen) atoms. The summed E-state index contributed by atoms with van der Waals surface area (Å²) in [7, 11) is 0. The van der Waals surface area contributed by atoms with Crippen molar-refractivity contribution in [1.82, 2.24) is 0 Å². The predicted molar refractivity (Wildman–Crippen MR) is 59.9 cm³/mol. The van der Waals surface area contributed by atoms with Gasteiger partial charge < -0.3 is 10.2 Å². The summed E-state index contributed by atoms with van der Waals surface area (Å²) in [4.78, 5) is 0. The molecule has 0 atom stereocenters. The van der Waals surface area contributed by atoms with Gasteiger partial charge in [0.2, 0.25) is 0 Å². The number of nitrogens with two attached hydrogens (primary N) is 1. The highest BCUT2D eigenvalue weighted by Crippen LogP contribution is 2.22. The highest BCUT2D eigenvalue weighted by Gasteiger charge is 2.05. The zero-order valence-electron chi connectivity index (χ0n) is 8.45. The number of aryl methyl sites for hydroxylation is 1. The van der Waals surface area contributed by atoms with Crippen LogP contribution >= 0.6 is 0 Å². The molecule has 1 heterocycles. The van der Waals surface area contributed by atoms with Crippen molar-refractivity contribution in [2.75, 3.05) is 0 Å². The maximum Gasteiger partial charge on any atom is 0.168 e. The first-order valence-electron chi connectivity index (χ1n) is 4.68. The Hall–Kier alpha value is -2.03. The molecule has 0 aliphatic heterocycles. The molecule has 1 aromatic carbocycles. The Morgan fingerprint density at radius 3 is 2.33 bits per heavy atom. The van der Waals surface area contributed by atoms with Gasteiger partial charge in [0.1, 0.15) is 5.76 Å². The van der Waals surface area contributed by atoms with Crippen LogP contribution in [0.15, 0.2) is 40.8 Å². The van der Waals surface area contributed by atoms with Gasteiger partial charge in [-0.3, -0.25) is 5.41 Å². The molecule has 0 aliphatic rings. The van der Waals surface area contributed by atoms with Crippen LogP contribution in [0, 0.1) is 12.3 Å². The van der Waals surface area contributed by atoms with Gasteiger partial charge in [0.05, 0.1) is 0 Å². The second-order valence-electron chi connectivity index (χ2n) is 3.44. The summed E-state index contributed by atoms with van der Waals surface area (Å²) in [6, 6.07) is 11.5. The van der Waals surface area contributed by atoms with Gasteiger partial charge in [0.15, 0.2) is 11.6 Å². The quantitative estimate of drug-likeness (QED) is 0.578. The Labute approximate surface area is 88.0 Å². The third-order valence-electron chi connectivity index (χ3n) is 2.21. The Bertz CT molecular complexity index is 483. The Kier molecular flexibility index (Phi) is 2.29. The van der Waals surface area contributed by atoms with Gasteiger partial charge in [-0.05, 0) is 19.1 Å². The van der Waals surface area contributed by atoms with Crippen LogP contribution in [0.25, 0.3) is 11.3 Å². The second-order valence-corrected chi connectivity index (χ2v) is 3.44. The molecule has 0 aliphatic carbocycles. The van der Waals surface area contributed by atoms with Gasteiger partial charge in [0, 0.05) is 5.56 Å². The van der Waals surface area contributed by atoms with Gasteiger partial charge in [0.25, 0.3) is 0 Å². The molecule has 1 aromatic heterocycles. The summed E-state index contributed by atoms with van der Waals surface area (Å²) in [6.07, 6.45) is 0. The normalized spacial score (nSPS) is 10.2. The van der Waals surface area contributed by atoms with Gasteiger partial charge in [-0.25, -0.2) is 0 Å². The van der Waals surface area contributed by atoms with Crippen LogP contribution in [0.4, 0.5) is 0 Å². The highest BCUT2D eigenvalue weighted by atomic mass is 16.3. The van der Waals surface area contributed by atoms with Crippen molar-refractivity contribution in [1.29, 1.82) is 5.41 Å². The zero-order chi connectivity index (χ0) is 10.8. The standard InChI is InChI=1S/C12H12N2O/c1-8-2-4-9(5-3-8)10-6-7-11(15-10)12(13)14/h2-7H,1H3,(H3,13,14). The van der Waals surface area contributed by atoms with Gasteiger partial charge in [-0.2, -0.15) is 0 Å². The first-order valence-corrected chi connectivity index (χ1v) is 4.68. The second kappa shape index (κ2) is 3.61. The smallest absolute Gasteiger partial charge is 0.168 e. The number of hydrogen-bond acceptors (Lipinski definition) is 2. The number of amidine groups is 1. The van der Waals surface area contributed by atoms with E-state index in [4.69, 9.17) is 15.6 Å². The van der Waals surface area contributed by atoms with Crippen molar-refractivity contribution >= 4 is 5.84 Å². The summed E-state index contributed by atoms with van der Waals surface area (Å²) in [6.45, 7) is 2.03. The lowest BCUT2D eigenvalue weighted by Gasteiger charge is -1.97. The van der Waals surface area contributed by atoms with Gasteiger partial charge >= 0.3 is 0 Å². The lowest BCUT2D eigenvalue weighted by molar-refractivity contribution is 0.571. The largest absolute Gasteiger partial charge is 0.453 e. The van der Waals surface area contributed by atoms with Gasteiger partial charge in [-0.1, -0.05) is 29.8 Å². The van der Waals surface area contributed by atoms with E-state index < -0.39 is 0 Å². The first kappa shape index (κ1) is 9.52. The van der Waals surface area contributed by atoms with Gasteiger partial charge in [-0.15, -0.1) is 0 Å². The van der Waals surface area contributed by atoms with E-state index in [1.807, 2.05) is 37.3 Å². The van der Waals surface area contributed by atoms with Crippen LogP contribution in [0.5, 0.6) is 0 Å². The van der Waals surface area contributed by atoms with Crippen LogP contribution in [-0.2, 0) is 0 Å². The molecule has 0 spiro atoms. The molecular weight excluding hydrogens is 188 g/mol. The maximum atomic E-state index is 7.23. The third kappa shape index (κ3) is 1.91. The lowest BCUT2D eigenvalue weighted by atomic mass is 10.1. The first-order chi connectivity index (χ1) is 7.16. The van der Waals surface area contributed by atoms with Crippen LogP contribution in [0.1, 0.15) is 11.3 Å². The molecule has 0 saturated carbocycles. The average molecular weight is 200 g/mol. The van der Waals surface area contributed by atoms with Crippen LogP contribution in [0.3, 0.4) is 0 Å². The number of benzene rings is 1. The summed E-state index contributed by atoms with van der Waals surface area (Å²) in [5.74, 6) is 1.10. The van der Waals surface area contributed by atoms with E-state index in [2.05, 4.69) is 0 Å². The lowest BCUT2D eigenvalue weighted by Crippen LogP contribution is -2.09. The van der Waals surface area contributed by atoms with Crippen LogP contribution in [-0.4, -0.2) is 5.84 Å². The van der Waals surface area contributed by atoms with Crippen molar-refractivity contribution in [2.45, 2.75) is 6.92 Å². The topological polar surface area (TPSA) is 63.0 Å². The Balaban J connectivity index is 2.37. The molecule has 76 valence electrons. The van der Waals surface area contributed by atoms with Crippen molar-refractivity contribution < 1.29 is 4.42 Å². The van der Waals surface area contributed by atoms with E-state index in [1.54, 1.807) is 6.07 Å². The molecule has 0 saturated heterocycles. The minimum Gasteiger partial charge on any atom is -0.453 e. The van der Waals surface area contributed by atoms with E-state index in [-0.39, 0.29) is 5.84 Å². The van der Waals surface area contributed by atoms with E-state index in [0.29, 0.717) is 5.76 Å². The molecule has 3 N–H and O–H groups in total.